The molecule has 0 atom stereocenters. The van der Waals surface area contributed by atoms with E-state index < -0.39 is 0 Å². The number of hydrogen-bond donors (Lipinski definition) is 1. The quantitative estimate of drug-likeness (QED) is 0.602. The highest BCUT2D eigenvalue weighted by atomic mass is 32.2. The second-order valence-corrected chi connectivity index (χ2v) is 6.19. The van der Waals surface area contributed by atoms with Crippen LogP contribution in [0.4, 0.5) is 4.79 Å². The summed E-state index contributed by atoms with van der Waals surface area (Å²) in [6.45, 7) is 4.81. The zero-order valence-electron chi connectivity index (χ0n) is 13.4. The average Bonchev–Trinajstić information content (AvgIpc) is 2.78. The van der Waals surface area contributed by atoms with Crippen molar-refractivity contribution in [1.29, 1.82) is 0 Å². The summed E-state index contributed by atoms with van der Waals surface area (Å²) >= 11 is 0.953. The van der Waals surface area contributed by atoms with Crippen LogP contribution in [0, 0.1) is 0 Å². The molecule has 0 unspecified atom stereocenters. The number of phenols is 1. The summed E-state index contributed by atoms with van der Waals surface area (Å²) in [6, 6.07) is 4.86. The third-order valence-electron chi connectivity index (χ3n) is 3.44. The van der Waals surface area contributed by atoms with E-state index in [2.05, 4.69) is 6.92 Å². The van der Waals surface area contributed by atoms with Crippen molar-refractivity contribution in [2.24, 2.45) is 0 Å². The van der Waals surface area contributed by atoms with E-state index in [-0.39, 0.29) is 16.9 Å². The Hall–Kier alpha value is -1.95. The van der Waals surface area contributed by atoms with Gasteiger partial charge in [-0.05, 0) is 48.9 Å². The van der Waals surface area contributed by atoms with Crippen molar-refractivity contribution in [2.75, 3.05) is 13.2 Å². The maximum absolute atomic E-state index is 12.3. The molecule has 0 spiro atoms. The molecule has 1 saturated heterocycles. The van der Waals surface area contributed by atoms with Crippen molar-refractivity contribution in [3.05, 3.63) is 28.7 Å². The first-order chi connectivity index (χ1) is 11.1. The van der Waals surface area contributed by atoms with Gasteiger partial charge in [-0.3, -0.25) is 14.5 Å². The first-order valence-electron chi connectivity index (χ1n) is 7.78. The van der Waals surface area contributed by atoms with Crippen molar-refractivity contribution >= 4 is 29.0 Å². The highest BCUT2D eigenvalue weighted by molar-refractivity contribution is 8.18. The molecule has 0 bridgehead atoms. The van der Waals surface area contributed by atoms with Crippen LogP contribution in [0.1, 0.15) is 38.7 Å². The standard InChI is InChI=1S/C17H21NO4S/c1-3-5-6-9-18-16(20)15(23-17(18)21)11-12-7-8-13(19)14(10-12)22-4-2/h7-8,10-11,19H,3-6,9H2,1-2H3/b15-11-. The van der Waals surface area contributed by atoms with E-state index in [9.17, 15) is 14.7 Å². The molecular formula is C17H21NO4S. The van der Waals surface area contributed by atoms with Gasteiger partial charge in [0.2, 0.25) is 0 Å². The van der Waals surface area contributed by atoms with E-state index in [1.54, 1.807) is 18.2 Å². The van der Waals surface area contributed by atoms with Crippen LogP contribution in [0.25, 0.3) is 6.08 Å². The van der Waals surface area contributed by atoms with Gasteiger partial charge < -0.3 is 9.84 Å². The fourth-order valence-electron chi connectivity index (χ4n) is 2.26. The van der Waals surface area contributed by atoms with Crippen molar-refractivity contribution in [3.8, 4) is 11.5 Å². The number of hydrogen-bond acceptors (Lipinski definition) is 5. The molecule has 124 valence electrons. The van der Waals surface area contributed by atoms with Gasteiger partial charge in [0.25, 0.3) is 11.1 Å². The molecule has 6 heteroatoms. The summed E-state index contributed by atoms with van der Waals surface area (Å²) in [5, 5.41) is 9.48. The summed E-state index contributed by atoms with van der Waals surface area (Å²) in [5.74, 6) is 0.169. The molecular weight excluding hydrogens is 314 g/mol. The Labute approximate surface area is 140 Å². The smallest absolute Gasteiger partial charge is 0.293 e. The van der Waals surface area contributed by atoms with E-state index in [1.807, 2.05) is 6.92 Å². The van der Waals surface area contributed by atoms with Crippen molar-refractivity contribution < 1.29 is 19.4 Å². The molecule has 0 radical (unpaired) electrons. The Kier molecular flexibility index (Phi) is 6.10. The second kappa shape index (κ2) is 8.06. The number of carbonyl (C=O) groups is 2. The maximum atomic E-state index is 12.3. The Bertz CT molecular complexity index is 627. The summed E-state index contributed by atoms with van der Waals surface area (Å²) < 4.78 is 5.33. The highest BCUT2D eigenvalue weighted by Gasteiger charge is 2.34. The number of ether oxygens (including phenoxy) is 1. The van der Waals surface area contributed by atoms with Gasteiger partial charge in [0, 0.05) is 6.54 Å². The Morgan fingerprint density at radius 2 is 2.04 bits per heavy atom. The van der Waals surface area contributed by atoms with Gasteiger partial charge in [-0.25, -0.2) is 0 Å². The van der Waals surface area contributed by atoms with Crippen molar-refractivity contribution in [3.63, 3.8) is 0 Å². The minimum Gasteiger partial charge on any atom is -0.504 e. The summed E-state index contributed by atoms with van der Waals surface area (Å²) in [6.07, 6.45) is 4.53. The molecule has 2 rings (SSSR count). The minimum absolute atomic E-state index is 0.0525. The molecule has 23 heavy (non-hydrogen) atoms. The van der Waals surface area contributed by atoms with Gasteiger partial charge >= 0.3 is 0 Å². The predicted molar refractivity (Wildman–Crippen MR) is 91.5 cm³/mol. The van der Waals surface area contributed by atoms with E-state index >= 15 is 0 Å². The van der Waals surface area contributed by atoms with Gasteiger partial charge in [0.1, 0.15) is 0 Å². The number of aromatic hydroxyl groups is 1. The van der Waals surface area contributed by atoms with E-state index in [0.29, 0.717) is 29.4 Å². The molecule has 1 fully saturated rings. The number of phenolic OH excluding ortho intramolecular Hbond substituents is 1. The Balaban J connectivity index is 2.15. The number of amides is 2. The first-order valence-corrected chi connectivity index (χ1v) is 8.59. The molecule has 1 N–H and O–H groups in total. The van der Waals surface area contributed by atoms with Crippen LogP contribution >= 0.6 is 11.8 Å². The molecule has 1 aromatic carbocycles. The van der Waals surface area contributed by atoms with Crippen LogP contribution in [-0.4, -0.2) is 34.3 Å². The molecule has 0 aliphatic carbocycles. The number of rotatable bonds is 7. The van der Waals surface area contributed by atoms with Crippen LogP contribution in [0.3, 0.4) is 0 Å². The number of imide groups is 1. The predicted octanol–water partition coefficient (Wildman–Crippen LogP) is 4.02. The molecule has 1 heterocycles. The largest absolute Gasteiger partial charge is 0.504 e. The minimum atomic E-state index is -0.248. The highest BCUT2D eigenvalue weighted by Crippen LogP contribution is 2.34. The van der Waals surface area contributed by atoms with Crippen LogP contribution in [0.5, 0.6) is 11.5 Å². The number of nitrogens with zero attached hydrogens (tertiary/aromatic N) is 1. The zero-order valence-corrected chi connectivity index (χ0v) is 14.2. The Morgan fingerprint density at radius 1 is 1.26 bits per heavy atom. The summed E-state index contributed by atoms with van der Waals surface area (Å²) in [5.41, 5.74) is 0.713. The third kappa shape index (κ3) is 4.28. The summed E-state index contributed by atoms with van der Waals surface area (Å²) in [4.78, 5) is 26.0. The van der Waals surface area contributed by atoms with Gasteiger partial charge in [0.15, 0.2) is 11.5 Å². The fourth-order valence-corrected chi connectivity index (χ4v) is 3.12. The average molecular weight is 335 g/mol. The molecule has 5 nitrogen and oxygen atoms in total. The van der Waals surface area contributed by atoms with Crippen molar-refractivity contribution in [1.82, 2.24) is 4.90 Å². The molecule has 1 aliphatic heterocycles. The number of thioether (sulfide) groups is 1. The van der Waals surface area contributed by atoms with Gasteiger partial charge in [-0.15, -0.1) is 0 Å². The van der Waals surface area contributed by atoms with E-state index in [4.69, 9.17) is 4.74 Å². The molecule has 0 aromatic heterocycles. The number of benzene rings is 1. The topological polar surface area (TPSA) is 66.8 Å². The monoisotopic (exact) mass is 335 g/mol. The van der Waals surface area contributed by atoms with Crippen LogP contribution in [0.2, 0.25) is 0 Å². The van der Waals surface area contributed by atoms with Crippen LogP contribution in [-0.2, 0) is 4.79 Å². The SMILES string of the molecule is CCCCCN1C(=O)S/C(=C\c2ccc(O)c(OCC)c2)C1=O. The fraction of sp³-hybridized carbons (Fsp3) is 0.412. The lowest BCUT2D eigenvalue weighted by Gasteiger charge is -2.11. The van der Waals surface area contributed by atoms with Crippen LogP contribution in [0.15, 0.2) is 23.1 Å². The zero-order chi connectivity index (χ0) is 16.8. The number of carbonyl (C=O) groups excluding carboxylic acids is 2. The second-order valence-electron chi connectivity index (χ2n) is 5.20. The maximum Gasteiger partial charge on any atom is 0.293 e. The Morgan fingerprint density at radius 3 is 2.74 bits per heavy atom. The normalized spacial score (nSPS) is 16.4. The summed E-state index contributed by atoms with van der Waals surface area (Å²) in [7, 11) is 0. The van der Waals surface area contributed by atoms with Gasteiger partial charge in [-0.1, -0.05) is 25.8 Å². The molecule has 1 aliphatic rings. The van der Waals surface area contributed by atoms with Crippen LogP contribution < -0.4 is 4.74 Å². The lowest BCUT2D eigenvalue weighted by atomic mass is 10.2. The molecule has 2 amide bonds. The molecule has 0 saturated carbocycles. The van der Waals surface area contributed by atoms with Gasteiger partial charge in [-0.2, -0.15) is 0 Å². The van der Waals surface area contributed by atoms with Gasteiger partial charge in [0.05, 0.1) is 11.5 Å². The lowest BCUT2D eigenvalue weighted by molar-refractivity contribution is -0.122. The third-order valence-corrected chi connectivity index (χ3v) is 4.35. The first kappa shape index (κ1) is 17.4. The van der Waals surface area contributed by atoms with Crippen molar-refractivity contribution in [2.45, 2.75) is 33.1 Å². The molecule has 1 aromatic rings. The van der Waals surface area contributed by atoms with E-state index in [1.165, 1.54) is 11.0 Å². The van der Waals surface area contributed by atoms with E-state index in [0.717, 1.165) is 31.0 Å². The lowest BCUT2D eigenvalue weighted by Crippen LogP contribution is -2.29. The number of unbranched alkanes of at least 4 members (excludes halogenated alkanes) is 2.